The zero-order valence-electron chi connectivity index (χ0n) is 6.14. The van der Waals surface area contributed by atoms with E-state index in [1.807, 2.05) is 0 Å². The van der Waals surface area contributed by atoms with Gasteiger partial charge in [0, 0.05) is 6.20 Å². The van der Waals surface area contributed by atoms with Gasteiger partial charge in [-0.1, -0.05) is 0 Å². The third-order valence-electron chi connectivity index (χ3n) is 1.44. The molecule has 0 amide bonds. The predicted octanol–water partition coefficient (Wildman–Crippen LogP) is 0.714. The van der Waals surface area contributed by atoms with Crippen molar-refractivity contribution < 1.29 is 4.42 Å². The van der Waals surface area contributed by atoms with Crippen molar-refractivity contribution in [1.29, 1.82) is 0 Å². The monoisotopic (exact) mass is 162 g/mol. The molecule has 0 radical (unpaired) electrons. The Bertz CT molecular complexity index is 371. The van der Waals surface area contributed by atoms with Gasteiger partial charge in [-0.3, -0.25) is 4.98 Å². The van der Waals surface area contributed by atoms with Gasteiger partial charge in [0.2, 0.25) is 12.3 Å². The molecule has 0 saturated heterocycles. The summed E-state index contributed by atoms with van der Waals surface area (Å²) in [6.07, 6.45) is 4.42. The molecule has 0 bridgehead atoms. The second-order valence-corrected chi connectivity index (χ2v) is 2.21. The van der Waals surface area contributed by atoms with Crippen LogP contribution >= 0.6 is 0 Å². The lowest BCUT2D eigenvalue weighted by Crippen LogP contribution is -1.90. The second-order valence-electron chi connectivity index (χ2n) is 2.21. The van der Waals surface area contributed by atoms with Crippen LogP contribution in [0.4, 0.5) is 5.69 Å². The minimum absolute atomic E-state index is 0.412. The highest BCUT2D eigenvalue weighted by Gasteiger charge is 2.05. The van der Waals surface area contributed by atoms with Gasteiger partial charge in [0.15, 0.2) is 0 Å². The summed E-state index contributed by atoms with van der Waals surface area (Å²) in [5.41, 5.74) is 6.86. The minimum Gasteiger partial charge on any atom is -0.423 e. The summed E-state index contributed by atoms with van der Waals surface area (Å²) < 4.78 is 4.97. The topological polar surface area (TPSA) is 77.8 Å². The molecule has 0 saturated carbocycles. The standard InChI is InChI=1S/C7H6N4O/c8-6-3-9-2-1-5(6)7-11-10-4-12-7/h1-4H,8H2. The smallest absolute Gasteiger partial charge is 0.249 e. The largest absolute Gasteiger partial charge is 0.423 e. The quantitative estimate of drug-likeness (QED) is 0.668. The van der Waals surface area contributed by atoms with Crippen molar-refractivity contribution in [2.75, 3.05) is 5.73 Å². The van der Waals surface area contributed by atoms with Crippen molar-refractivity contribution in [3.8, 4) is 11.5 Å². The van der Waals surface area contributed by atoms with E-state index in [1.54, 1.807) is 18.5 Å². The van der Waals surface area contributed by atoms with Gasteiger partial charge in [-0.05, 0) is 6.07 Å². The van der Waals surface area contributed by atoms with Gasteiger partial charge >= 0.3 is 0 Å². The van der Waals surface area contributed by atoms with Crippen LogP contribution in [-0.2, 0) is 0 Å². The molecule has 2 aromatic heterocycles. The highest BCUT2D eigenvalue weighted by molar-refractivity contribution is 5.68. The van der Waals surface area contributed by atoms with E-state index < -0.39 is 0 Å². The second kappa shape index (κ2) is 2.61. The number of hydrogen-bond donors (Lipinski definition) is 1. The number of nitrogen functional groups attached to an aromatic ring is 1. The summed E-state index contributed by atoms with van der Waals surface area (Å²) in [4.78, 5) is 3.84. The number of nitrogens with zero attached hydrogens (tertiary/aromatic N) is 3. The average Bonchev–Trinajstić information content (AvgIpc) is 2.57. The summed E-state index contributed by atoms with van der Waals surface area (Å²) >= 11 is 0. The van der Waals surface area contributed by atoms with Gasteiger partial charge in [-0.25, -0.2) is 0 Å². The van der Waals surface area contributed by atoms with Crippen molar-refractivity contribution in [3.05, 3.63) is 24.9 Å². The summed E-state index contributed by atoms with van der Waals surface area (Å²) in [5.74, 6) is 0.412. The first-order valence-corrected chi connectivity index (χ1v) is 3.34. The zero-order valence-corrected chi connectivity index (χ0v) is 6.14. The Kier molecular flexibility index (Phi) is 1.48. The van der Waals surface area contributed by atoms with Gasteiger partial charge in [-0.15, -0.1) is 10.2 Å². The molecular weight excluding hydrogens is 156 g/mol. The van der Waals surface area contributed by atoms with E-state index >= 15 is 0 Å². The molecule has 2 rings (SSSR count). The van der Waals surface area contributed by atoms with E-state index in [0.29, 0.717) is 17.1 Å². The lowest BCUT2D eigenvalue weighted by atomic mass is 10.2. The number of hydrogen-bond acceptors (Lipinski definition) is 5. The van der Waals surface area contributed by atoms with Crippen LogP contribution in [0.2, 0.25) is 0 Å². The van der Waals surface area contributed by atoms with E-state index in [-0.39, 0.29) is 0 Å². The Labute approximate surface area is 68.3 Å². The van der Waals surface area contributed by atoms with Crippen molar-refractivity contribution in [2.24, 2.45) is 0 Å². The van der Waals surface area contributed by atoms with Gasteiger partial charge in [0.1, 0.15) is 0 Å². The maximum atomic E-state index is 5.62. The molecule has 5 nitrogen and oxygen atoms in total. The molecular formula is C7H6N4O. The Balaban J connectivity index is 2.55. The molecule has 12 heavy (non-hydrogen) atoms. The fourth-order valence-electron chi connectivity index (χ4n) is 0.892. The third-order valence-corrected chi connectivity index (χ3v) is 1.44. The zero-order chi connectivity index (χ0) is 8.39. The first-order valence-electron chi connectivity index (χ1n) is 3.34. The van der Waals surface area contributed by atoms with Crippen LogP contribution in [0.1, 0.15) is 0 Å². The van der Waals surface area contributed by atoms with E-state index in [1.165, 1.54) is 6.39 Å². The van der Waals surface area contributed by atoms with Crippen molar-refractivity contribution in [1.82, 2.24) is 15.2 Å². The molecule has 0 atom stereocenters. The molecule has 0 aliphatic rings. The first kappa shape index (κ1) is 6.78. The molecule has 2 N–H and O–H groups in total. The third kappa shape index (κ3) is 1.01. The SMILES string of the molecule is Nc1cnccc1-c1nnco1. The Morgan fingerprint density at radius 2 is 2.33 bits per heavy atom. The van der Waals surface area contributed by atoms with Gasteiger partial charge < -0.3 is 10.2 Å². The Hall–Kier alpha value is -1.91. The summed E-state index contributed by atoms with van der Waals surface area (Å²) in [7, 11) is 0. The molecule has 2 aromatic rings. The van der Waals surface area contributed by atoms with Crippen LogP contribution < -0.4 is 5.73 Å². The molecule has 0 aliphatic heterocycles. The molecule has 0 aliphatic carbocycles. The molecule has 60 valence electrons. The Morgan fingerprint density at radius 3 is 3.00 bits per heavy atom. The van der Waals surface area contributed by atoms with Crippen LogP contribution in [-0.4, -0.2) is 15.2 Å². The molecule has 0 aromatic carbocycles. The Morgan fingerprint density at radius 1 is 1.42 bits per heavy atom. The number of aromatic nitrogens is 3. The molecule has 0 unspecified atom stereocenters. The van der Waals surface area contributed by atoms with E-state index in [2.05, 4.69) is 15.2 Å². The number of rotatable bonds is 1. The fraction of sp³-hybridized carbons (Fsp3) is 0. The van der Waals surface area contributed by atoms with Gasteiger partial charge in [0.05, 0.1) is 17.4 Å². The van der Waals surface area contributed by atoms with Crippen LogP contribution in [0.3, 0.4) is 0 Å². The van der Waals surface area contributed by atoms with Crippen LogP contribution in [0.5, 0.6) is 0 Å². The highest BCUT2D eigenvalue weighted by Crippen LogP contribution is 2.21. The summed E-state index contributed by atoms with van der Waals surface area (Å²) in [6.45, 7) is 0. The maximum absolute atomic E-state index is 5.62. The van der Waals surface area contributed by atoms with Crippen molar-refractivity contribution >= 4 is 5.69 Å². The number of anilines is 1. The normalized spacial score (nSPS) is 10.0. The van der Waals surface area contributed by atoms with E-state index in [4.69, 9.17) is 10.2 Å². The van der Waals surface area contributed by atoms with Gasteiger partial charge in [0.25, 0.3) is 0 Å². The minimum atomic E-state index is 0.412. The lowest BCUT2D eigenvalue weighted by molar-refractivity contribution is 0.569. The van der Waals surface area contributed by atoms with Crippen molar-refractivity contribution in [3.63, 3.8) is 0 Å². The van der Waals surface area contributed by atoms with Gasteiger partial charge in [-0.2, -0.15) is 0 Å². The first-order chi connectivity index (χ1) is 5.88. The molecule has 0 fully saturated rings. The van der Waals surface area contributed by atoms with Crippen LogP contribution in [0, 0.1) is 0 Å². The molecule has 0 spiro atoms. The average molecular weight is 162 g/mol. The van der Waals surface area contributed by atoms with E-state index in [9.17, 15) is 0 Å². The molecule has 2 heterocycles. The van der Waals surface area contributed by atoms with E-state index in [0.717, 1.165) is 0 Å². The maximum Gasteiger partial charge on any atom is 0.249 e. The fourth-order valence-corrected chi connectivity index (χ4v) is 0.892. The lowest BCUT2D eigenvalue weighted by Gasteiger charge is -1.96. The van der Waals surface area contributed by atoms with Crippen molar-refractivity contribution in [2.45, 2.75) is 0 Å². The van der Waals surface area contributed by atoms with Crippen LogP contribution in [0.25, 0.3) is 11.5 Å². The highest BCUT2D eigenvalue weighted by atomic mass is 16.4. The summed E-state index contributed by atoms with van der Waals surface area (Å²) in [5, 5.41) is 7.27. The summed E-state index contributed by atoms with van der Waals surface area (Å²) in [6, 6.07) is 1.73. The number of nitrogens with two attached hydrogens (primary N) is 1. The predicted molar refractivity (Wildman–Crippen MR) is 41.9 cm³/mol. The molecule has 5 heteroatoms. The number of pyridine rings is 1. The van der Waals surface area contributed by atoms with Crippen LogP contribution in [0.15, 0.2) is 29.3 Å².